The summed E-state index contributed by atoms with van der Waals surface area (Å²) in [5, 5.41) is 8.93. The Labute approximate surface area is 155 Å². The second kappa shape index (κ2) is 8.57. The van der Waals surface area contributed by atoms with E-state index in [1.807, 2.05) is 13.8 Å². The van der Waals surface area contributed by atoms with Crippen molar-refractivity contribution < 1.29 is 38.6 Å². The zero-order valence-corrected chi connectivity index (χ0v) is 15.1. The molecule has 0 aliphatic carbocycles. The number of aliphatic carboxylic acids is 1. The minimum Gasteiger partial charge on any atom is -0.481 e. The van der Waals surface area contributed by atoms with E-state index < -0.39 is 36.3 Å². The van der Waals surface area contributed by atoms with Gasteiger partial charge in [0.2, 0.25) is 0 Å². The maximum absolute atomic E-state index is 12.0. The molecule has 0 aromatic heterocycles. The molecule has 2 rings (SSSR count). The first kappa shape index (κ1) is 20.3. The van der Waals surface area contributed by atoms with Gasteiger partial charge in [-0.2, -0.15) is 0 Å². The molecule has 0 saturated carbocycles. The fourth-order valence-corrected chi connectivity index (χ4v) is 2.96. The van der Waals surface area contributed by atoms with Gasteiger partial charge in [0.25, 0.3) is 0 Å². The van der Waals surface area contributed by atoms with E-state index in [1.165, 1.54) is 6.08 Å². The monoisotopic (exact) mass is 376 g/mol. The van der Waals surface area contributed by atoms with Crippen LogP contribution in [0, 0.1) is 5.92 Å². The molecule has 8 nitrogen and oxygen atoms in total. The summed E-state index contributed by atoms with van der Waals surface area (Å²) in [5.74, 6) is -4.77. The normalized spacial score (nSPS) is 18.6. The number of carboxylic acid groups (broad SMARTS) is 1. The van der Waals surface area contributed by atoms with E-state index in [9.17, 15) is 24.0 Å². The second-order valence-electron chi connectivity index (χ2n) is 6.27. The van der Waals surface area contributed by atoms with Crippen LogP contribution in [-0.2, 0) is 33.4 Å². The Morgan fingerprint density at radius 2 is 1.48 bits per heavy atom. The Bertz CT molecular complexity index is 797. The van der Waals surface area contributed by atoms with Crippen LogP contribution in [0.2, 0.25) is 0 Å². The first-order valence-electron chi connectivity index (χ1n) is 8.64. The van der Waals surface area contributed by atoms with Crippen molar-refractivity contribution in [1.29, 1.82) is 0 Å². The van der Waals surface area contributed by atoms with Crippen molar-refractivity contribution in [1.82, 2.24) is 0 Å². The molecule has 144 valence electrons. The highest BCUT2D eigenvalue weighted by Gasteiger charge is 2.37. The zero-order chi connectivity index (χ0) is 20.1. The number of cyclic esters (lactones) is 4. The van der Waals surface area contributed by atoms with Crippen molar-refractivity contribution in [3.63, 3.8) is 0 Å². The van der Waals surface area contributed by atoms with Gasteiger partial charge in [0.1, 0.15) is 0 Å². The molecular formula is C19H20O8. The largest absolute Gasteiger partial charge is 0.481 e. The Balaban J connectivity index is 2.28. The first-order chi connectivity index (χ1) is 12.8. The van der Waals surface area contributed by atoms with Gasteiger partial charge >= 0.3 is 29.8 Å². The Morgan fingerprint density at radius 3 is 2.07 bits per heavy atom. The molecule has 0 aromatic carbocycles. The number of ether oxygens (including phenoxy) is 2. The minimum absolute atomic E-state index is 0.0122. The Kier molecular flexibility index (Phi) is 6.44. The molecule has 1 N–H and O–H groups in total. The highest BCUT2D eigenvalue weighted by Crippen LogP contribution is 2.33. The summed E-state index contributed by atoms with van der Waals surface area (Å²) in [7, 11) is 0. The standard InChI is InChI=1S/C19H20O8/c1-3-5-6-11-12(17(23)26-16(11)22)7-10(4-2)8-13-14(9-15(20)21)19(25)27-18(13)24/h5-6,10H,3-4,7-9H2,1-2H3,(H,20,21)/b6-5+. The number of carbonyl (C=O) groups is 5. The summed E-state index contributed by atoms with van der Waals surface area (Å²) in [6, 6.07) is 0. The van der Waals surface area contributed by atoms with E-state index >= 15 is 0 Å². The second-order valence-corrected chi connectivity index (χ2v) is 6.27. The number of hydrogen-bond acceptors (Lipinski definition) is 7. The molecule has 0 bridgehead atoms. The number of carboxylic acids is 1. The third-order valence-electron chi connectivity index (χ3n) is 4.43. The molecule has 1 atom stereocenters. The zero-order valence-electron chi connectivity index (χ0n) is 15.1. The number of rotatable bonds is 9. The molecule has 2 aliphatic rings. The maximum atomic E-state index is 12.0. The van der Waals surface area contributed by atoms with Gasteiger partial charge < -0.3 is 14.6 Å². The Hall–Kier alpha value is -3.03. The molecule has 0 aromatic rings. The predicted molar refractivity (Wildman–Crippen MR) is 90.9 cm³/mol. The van der Waals surface area contributed by atoms with E-state index in [2.05, 4.69) is 9.47 Å². The van der Waals surface area contributed by atoms with Gasteiger partial charge in [-0.05, 0) is 25.2 Å². The van der Waals surface area contributed by atoms with E-state index in [1.54, 1.807) is 6.08 Å². The quantitative estimate of drug-likeness (QED) is 0.478. The first-order valence-corrected chi connectivity index (χ1v) is 8.64. The average Bonchev–Trinajstić information content (AvgIpc) is 3.01. The lowest BCUT2D eigenvalue weighted by atomic mass is 9.87. The summed E-state index contributed by atoms with van der Waals surface area (Å²) in [5.41, 5.74) is 0.244. The van der Waals surface area contributed by atoms with Gasteiger partial charge in [0.15, 0.2) is 0 Å². The van der Waals surface area contributed by atoms with Gasteiger partial charge in [0, 0.05) is 5.57 Å². The smallest absolute Gasteiger partial charge is 0.346 e. The highest BCUT2D eigenvalue weighted by molar-refractivity contribution is 6.14. The summed E-state index contributed by atoms with van der Waals surface area (Å²) < 4.78 is 9.20. The van der Waals surface area contributed by atoms with Crippen LogP contribution < -0.4 is 0 Å². The maximum Gasteiger partial charge on any atom is 0.346 e. The van der Waals surface area contributed by atoms with Crippen molar-refractivity contribution >= 4 is 29.8 Å². The fraction of sp³-hybridized carbons (Fsp3) is 0.421. The lowest BCUT2D eigenvalue weighted by Gasteiger charge is -2.14. The van der Waals surface area contributed by atoms with Crippen LogP contribution in [0.25, 0.3) is 0 Å². The van der Waals surface area contributed by atoms with Crippen LogP contribution in [-0.4, -0.2) is 35.0 Å². The number of esters is 4. The van der Waals surface area contributed by atoms with Gasteiger partial charge in [-0.25, -0.2) is 19.2 Å². The van der Waals surface area contributed by atoms with Gasteiger partial charge in [0.05, 0.1) is 23.1 Å². The van der Waals surface area contributed by atoms with Crippen LogP contribution in [0.3, 0.4) is 0 Å². The molecule has 0 fully saturated rings. The van der Waals surface area contributed by atoms with Gasteiger partial charge in [-0.1, -0.05) is 32.4 Å². The minimum atomic E-state index is -1.25. The lowest BCUT2D eigenvalue weighted by molar-refractivity contribution is -0.153. The fourth-order valence-electron chi connectivity index (χ4n) is 2.96. The molecular weight excluding hydrogens is 356 g/mol. The van der Waals surface area contributed by atoms with Gasteiger partial charge in [-0.3, -0.25) is 4.79 Å². The Morgan fingerprint density at radius 1 is 0.926 bits per heavy atom. The molecule has 0 spiro atoms. The van der Waals surface area contributed by atoms with Gasteiger partial charge in [-0.15, -0.1) is 0 Å². The average molecular weight is 376 g/mol. The van der Waals surface area contributed by atoms with Crippen LogP contribution in [0.1, 0.15) is 46.0 Å². The highest BCUT2D eigenvalue weighted by atomic mass is 16.6. The topological polar surface area (TPSA) is 124 Å². The molecule has 1 unspecified atom stereocenters. The van der Waals surface area contributed by atoms with Crippen molar-refractivity contribution in [2.45, 2.75) is 46.0 Å². The summed E-state index contributed by atoms with van der Waals surface area (Å²) in [6.45, 7) is 3.71. The van der Waals surface area contributed by atoms with E-state index in [-0.39, 0.29) is 41.1 Å². The lowest BCUT2D eigenvalue weighted by Crippen LogP contribution is -2.11. The van der Waals surface area contributed by atoms with Crippen LogP contribution in [0.4, 0.5) is 0 Å². The van der Waals surface area contributed by atoms with E-state index in [0.717, 1.165) is 0 Å². The molecule has 8 heteroatoms. The molecule has 27 heavy (non-hydrogen) atoms. The van der Waals surface area contributed by atoms with Crippen LogP contribution >= 0.6 is 0 Å². The number of hydrogen-bond donors (Lipinski definition) is 1. The summed E-state index contributed by atoms with van der Waals surface area (Å²) >= 11 is 0. The molecule has 0 radical (unpaired) electrons. The molecule has 0 amide bonds. The van der Waals surface area contributed by atoms with Crippen molar-refractivity contribution in [3.05, 3.63) is 34.4 Å². The van der Waals surface area contributed by atoms with E-state index in [0.29, 0.717) is 12.8 Å². The number of allylic oxidation sites excluding steroid dienone is 1. The third-order valence-corrected chi connectivity index (χ3v) is 4.43. The van der Waals surface area contributed by atoms with Crippen molar-refractivity contribution in [2.75, 3.05) is 0 Å². The SMILES string of the molecule is CC/C=C/C1=C(CC(CC)CC2=C(CC(=O)O)C(=O)OC2=O)C(=O)OC1=O. The number of carbonyl (C=O) groups excluding carboxylic acids is 4. The summed E-state index contributed by atoms with van der Waals surface area (Å²) in [6.07, 6.45) is 4.10. The molecule has 2 heterocycles. The van der Waals surface area contributed by atoms with Crippen LogP contribution in [0.15, 0.2) is 34.4 Å². The van der Waals surface area contributed by atoms with Crippen molar-refractivity contribution in [3.8, 4) is 0 Å². The van der Waals surface area contributed by atoms with Crippen molar-refractivity contribution in [2.24, 2.45) is 5.92 Å². The van der Waals surface area contributed by atoms with Crippen LogP contribution in [0.5, 0.6) is 0 Å². The van der Waals surface area contributed by atoms with E-state index in [4.69, 9.17) is 5.11 Å². The molecule has 0 saturated heterocycles. The third kappa shape index (κ3) is 4.58. The summed E-state index contributed by atoms with van der Waals surface area (Å²) in [4.78, 5) is 58.4. The predicted octanol–water partition coefficient (Wildman–Crippen LogP) is 1.99. The molecule has 2 aliphatic heterocycles.